The van der Waals surface area contributed by atoms with Crippen LogP contribution in [0.5, 0.6) is 0 Å². The molecule has 6 atom stereocenters. The Bertz CT molecular complexity index is 746. The largest absolute Gasteiger partial charge is 0.392 e. The number of allylic oxidation sites excluding steroid dienone is 3. The summed E-state index contributed by atoms with van der Waals surface area (Å²) in [4.78, 5) is 0. The summed E-state index contributed by atoms with van der Waals surface area (Å²) in [6.45, 7) is 22.2. The third kappa shape index (κ3) is 6.45. The molecule has 0 saturated heterocycles. The second-order valence-corrected chi connectivity index (χ2v) is 11.2. The average molecular weight is 455 g/mol. The van der Waals surface area contributed by atoms with E-state index in [0.29, 0.717) is 11.8 Å². The second-order valence-electron chi connectivity index (χ2n) is 11.2. The van der Waals surface area contributed by atoms with Gasteiger partial charge < -0.3 is 5.11 Å². The Hall–Kier alpha value is -1.26. The van der Waals surface area contributed by atoms with E-state index in [2.05, 4.69) is 72.6 Å². The van der Waals surface area contributed by atoms with Crippen molar-refractivity contribution in [3.8, 4) is 11.8 Å². The first-order valence-corrected chi connectivity index (χ1v) is 13.3. The standard InChI is InChI=1S/C31H50O.CH4/c1-9-12-15-23(4)16-14-17-26-18-19-27(31(26,8)20-11-3)29-24(5)22-28(32)30(7,25(29)6)21-13-10-2;/h11,24,26-28,32H,3-4,9-10,13-14,16-22H2,1-2,5-8H3;1H4. The number of rotatable bonds is 10. The number of aliphatic hydroxyl groups excluding tert-OH is 1. The van der Waals surface area contributed by atoms with E-state index in [-0.39, 0.29) is 24.4 Å². The number of hydrogen-bond donors (Lipinski definition) is 1. The first-order valence-electron chi connectivity index (χ1n) is 13.3. The van der Waals surface area contributed by atoms with Gasteiger partial charge in [-0.2, -0.15) is 0 Å². The predicted octanol–water partition coefficient (Wildman–Crippen LogP) is 9.28. The Morgan fingerprint density at radius 2 is 1.91 bits per heavy atom. The molecule has 0 aliphatic heterocycles. The number of aliphatic hydroxyl groups is 1. The van der Waals surface area contributed by atoms with Crippen LogP contribution < -0.4 is 0 Å². The smallest absolute Gasteiger partial charge is 0.0636 e. The van der Waals surface area contributed by atoms with Gasteiger partial charge in [-0.25, -0.2) is 0 Å². The summed E-state index contributed by atoms with van der Waals surface area (Å²) in [7, 11) is 0. The summed E-state index contributed by atoms with van der Waals surface area (Å²) in [5.74, 6) is 8.17. The van der Waals surface area contributed by atoms with E-state index in [4.69, 9.17) is 0 Å². The fourth-order valence-electron chi connectivity index (χ4n) is 6.93. The summed E-state index contributed by atoms with van der Waals surface area (Å²) >= 11 is 0. The molecule has 1 nitrogen and oxygen atoms in total. The Labute approximate surface area is 207 Å². The summed E-state index contributed by atoms with van der Waals surface area (Å²) in [5.41, 5.74) is 4.46. The van der Waals surface area contributed by atoms with Gasteiger partial charge in [0.15, 0.2) is 0 Å². The molecule has 0 spiro atoms. The van der Waals surface area contributed by atoms with Gasteiger partial charge in [-0.3, -0.25) is 0 Å². The zero-order chi connectivity index (χ0) is 23.9. The molecule has 2 aliphatic rings. The van der Waals surface area contributed by atoms with Gasteiger partial charge >= 0.3 is 0 Å². The van der Waals surface area contributed by atoms with E-state index < -0.39 is 0 Å². The molecule has 0 aromatic rings. The maximum atomic E-state index is 11.1. The van der Waals surface area contributed by atoms with Crippen LogP contribution in [-0.4, -0.2) is 11.2 Å². The van der Waals surface area contributed by atoms with Crippen molar-refractivity contribution in [3.05, 3.63) is 36.0 Å². The van der Waals surface area contributed by atoms with Crippen molar-refractivity contribution < 1.29 is 5.11 Å². The highest BCUT2D eigenvalue weighted by Gasteiger charge is 2.51. The average Bonchev–Trinajstić information content (AvgIpc) is 3.05. The van der Waals surface area contributed by atoms with Gasteiger partial charge in [-0.05, 0) is 87.0 Å². The molecule has 0 heterocycles. The van der Waals surface area contributed by atoms with Crippen LogP contribution in [0.4, 0.5) is 0 Å². The molecule has 2 aliphatic carbocycles. The minimum atomic E-state index is -0.217. The molecule has 33 heavy (non-hydrogen) atoms. The minimum Gasteiger partial charge on any atom is -0.392 e. The van der Waals surface area contributed by atoms with Gasteiger partial charge in [0.2, 0.25) is 0 Å². The lowest BCUT2D eigenvalue weighted by molar-refractivity contribution is 0.0214. The molecular formula is C32H54O. The molecule has 188 valence electrons. The monoisotopic (exact) mass is 454 g/mol. The predicted molar refractivity (Wildman–Crippen MR) is 147 cm³/mol. The Kier molecular flexibility index (Phi) is 11.7. The van der Waals surface area contributed by atoms with Crippen LogP contribution in [-0.2, 0) is 0 Å². The first-order chi connectivity index (χ1) is 15.2. The molecule has 6 unspecified atom stereocenters. The van der Waals surface area contributed by atoms with E-state index in [1.54, 1.807) is 5.57 Å². The second kappa shape index (κ2) is 13.0. The quantitative estimate of drug-likeness (QED) is 0.257. The zero-order valence-electron chi connectivity index (χ0n) is 22.0. The van der Waals surface area contributed by atoms with Crippen LogP contribution >= 0.6 is 0 Å². The fourth-order valence-corrected chi connectivity index (χ4v) is 6.93. The molecule has 0 aromatic heterocycles. The topological polar surface area (TPSA) is 20.2 Å². The van der Waals surface area contributed by atoms with Crippen LogP contribution in [0.2, 0.25) is 0 Å². The van der Waals surface area contributed by atoms with Crippen LogP contribution in [0.25, 0.3) is 0 Å². The summed E-state index contributed by atoms with van der Waals surface area (Å²) in [5, 5.41) is 11.1. The van der Waals surface area contributed by atoms with Gasteiger partial charge in [-0.15, -0.1) is 6.58 Å². The molecule has 1 heteroatoms. The first kappa shape index (κ1) is 29.8. The number of unbranched alkanes of at least 4 members (excludes halogenated alkanes) is 1. The van der Waals surface area contributed by atoms with E-state index in [1.807, 2.05) is 0 Å². The highest BCUT2D eigenvalue weighted by molar-refractivity contribution is 5.32. The molecule has 1 N–H and O–H groups in total. The van der Waals surface area contributed by atoms with Crippen LogP contribution in [0, 0.1) is 40.4 Å². The molecule has 1 saturated carbocycles. The van der Waals surface area contributed by atoms with Crippen molar-refractivity contribution in [1.82, 2.24) is 0 Å². The molecular weight excluding hydrogens is 400 g/mol. The highest BCUT2D eigenvalue weighted by Crippen LogP contribution is 2.59. The Balaban J connectivity index is 0.00000544. The third-order valence-corrected chi connectivity index (χ3v) is 9.15. The maximum Gasteiger partial charge on any atom is 0.0636 e. The number of hydrogen-bond acceptors (Lipinski definition) is 1. The maximum absolute atomic E-state index is 11.1. The van der Waals surface area contributed by atoms with Crippen LogP contribution in [0.1, 0.15) is 120 Å². The third-order valence-electron chi connectivity index (χ3n) is 9.15. The summed E-state index contributed by atoms with van der Waals surface area (Å²) in [6.07, 6.45) is 14.4. The molecule has 0 amide bonds. The molecule has 0 bridgehead atoms. The summed E-state index contributed by atoms with van der Waals surface area (Å²) < 4.78 is 0. The summed E-state index contributed by atoms with van der Waals surface area (Å²) in [6, 6.07) is 0. The van der Waals surface area contributed by atoms with Crippen molar-refractivity contribution in [2.45, 2.75) is 126 Å². The van der Waals surface area contributed by atoms with Crippen molar-refractivity contribution in [2.24, 2.45) is 28.6 Å². The van der Waals surface area contributed by atoms with Gasteiger partial charge in [-0.1, -0.05) is 90.5 Å². The minimum absolute atomic E-state index is 0. The Morgan fingerprint density at radius 3 is 2.52 bits per heavy atom. The Morgan fingerprint density at radius 1 is 1.21 bits per heavy atom. The lowest BCUT2D eigenvalue weighted by Crippen LogP contribution is -2.43. The molecule has 0 radical (unpaired) electrons. The van der Waals surface area contributed by atoms with E-state index >= 15 is 0 Å². The van der Waals surface area contributed by atoms with Crippen molar-refractivity contribution in [3.63, 3.8) is 0 Å². The van der Waals surface area contributed by atoms with Crippen LogP contribution in [0.3, 0.4) is 0 Å². The van der Waals surface area contributed by atoms with Crippen LogP contribution in [0.15, 0.2) is 36.0 Å². The van der Waals surface area contributed by atoms with Crippen molar-refractivity contribution in [1.29, 1.82) is 0 Å². The highest BCUT2D eigenvalue weighted by atomic mass is 16.3. The fraction of sp³-hybridized carbons (Fsp3) is 0.750. The van der Waals surface area contributed by atoms with Gasteiger partial charge in [0.05, 0.1) is 6.10 Å². The van der Waals surface area contributed by atoms with Crippen molar-refractivity contribution >= 4 is 0 Å². The van der Waals surface area contributed by atoms with Gasteiger partial charge in [0, 0.05) is 11.8 Å². The van der Waals surface area contributed by atoms with E-state index in [1.165, 1.54) is 44.1 Å². The molecule has 2 rings (SSSR count). The van der Waals surface area contributed by atoms with Gasteiger partial charge in [0.25, 0.3) is 0 Å². The van der Waals surface area contributed by atoms with E-state index in [0.717, 1.165) is 43.6 Å². The van der Waals surface area contributed by atoms with Gasteiger partial charge in [0.1, 0.15) is 0 Å². The lowest BCUT2D eigenvalue weighted by Gasteiger charge is -2.48. The SMILES string of the molecule is C.C=CCC1(C)C(CCCC(=C)C#CCC)CCC1C1=C(C)C(C)(CCCC)C(O)CC1C. The van der Waals surface area contributed by atoms with E-state index in [9.17, 15) is 5.11 Å². The van der Waals surface area contributed by atoms with Crippen molar-refractivity contribution in [2.75, 3.05) is 0 Å². The lowest BCUT2D eigenvalue weighted by atomic mass is 9.58. The molecule has 0 aromatic carbocycles. The zero-order valence-corrected chi connectivity index (χ0v) is 22.0. The molecule has 1 fully saturated rings. The normalized spacial score (nSPS) is 33.8.